The number of phenols is 1. The molecule has 4 nitrogen and oxygen atoms in total. The van der Waals surface area contributed by atoms with Crippen molar-refractivity contribution in [1.82, 2.24) is 15.0 Å². The lowest BCUT2D eigenvalue weighted by atomic mass is 10.1. The van der Waals surface area contributed by atoms with E-state index in [0.29, 0.717) is 0 Å². The van der Waals surface area contributed by atoms with Crippen LogP contribution in [-0.4, -0.2) is 20.1 Å². The van der Waals surface area contributed by atoms with Gasteiger partial charge in [-0.3, -0.25) is 0 Å². The molecule has 0 fully saturated rings. The highest BCUT2D eigenvalue weighted by molar-refractivity contribution is 5.59. The minimum Gasteiger partial charge on any atom is -0.508 e. The summed E-state index contributed by atoms with van der Waals surface area (Å²) in [7, 11) is 1.83. The first-order valence-electron chi connectivity index (χ1n) is 3.91. The van der Waals surface area contributed by atoms with Gasteiger partial charge in [0.15, 0.2) is 0 Å². The van der Waals surface area contributed by atoms with E-state index in [1.165, 1.54) is 0 Å². The van der Waals surface area contributed by atoms with Gasteiger partial charge in [0.2, 0.25) is 0 Å². The van der Waals surface area contributed by atoms with Crippen LogP contribution >= 0.6 is 0 Å². The normalized spacial score (nSPS) is 10.2. The smallest absolute Gasteiger partial charge is 0.115 e. The Labute approximate surface area is 75.4 Å². The molecule has 1 N–H and O–H groups in total. The number of phenolic OH excluding ortho intramolecular Hbond substituents is 1. The molecule has 66 valence electrons. The quantitative estimate of drug-likeness (QED) is 0.708. The summed E-state index contributed by atoms with van der Waals surface area (Å²) in [5.74, 6) is 0.263. The van der Waals surface area contributed by atoms with Gasteiger partial charge in [0.1, 0.15) is 5.75 Å². The van der Waals surface area contributed by atoms with Crippen LogP contribution in [0.1, 0.15) is 0 Å². The van der Waals surface area contributed by atoms with Crippen LogP contribution in [0.3, 0.4) is 0 Å². The first-order chi connectivity index (χ1) is 6.27. The Morgan fingerprint density at radius 1 is 1.23 bits per heavy atom. The largest absolute Gasteiger partial charge is 0.508 e. The Hall–Kier alpha value is -1.84. The first-order valence-corrected chi connectivity index (χ1v) is 3.91. The predicted molar refractivity (Wildman–Crippen MR) is 48.1 cm³/mol. The second kappa shape index (κ2) is 2.90. The molecular weight excluding hydrogens is 166 g/mol. The summed E-state index contributed by atoms with van der Waals surface area (Å²) in [4.78, 5) is 0. The molecule has 1 heterocycles. The number of aryl methyl sites for hydroxylation is 1. The highest BCUT2D eigenvalue weighted by atomic mass is 16.3. The van der Waals surface area contributed by atoms with Crippen molar-refractivity contribution >= 4 is 0 Å². The van der Waals surface area contributed by atoms with Crippen molar-refractivity contribution in [2.75, 3.05) is 0 Å². The molecule has 0 aliphatic heterocycles. The van der Waals surface area contributed by atoms with Crippen LogP contribution in [0.15, 0.2) is 30.5 Å². The summed E-state index contributed by atoms with van der Waals surface area (Å²) in [6.45, 7) is 0. The summed E-state index contributed by atoms with van der Waals surface area (Å²) in [5.41, 5.74) is 1.92. The van der Waals surface area contributed by atoms with E-state index in [0.717, 1.165) is 11.3 Å². The van der Waals surface area contributed by atoms with E-state index in [4.69, 9.17) is 5.11 Å². The zero-order valence-electron chi connectivity index (χ0n) is 7.18. The van der Waals surface area contributed by atoms with Crippen molar-refractivity contribution in [1.29, 1.82) is 0 Å². The number of benzene rings is 1. The van der Waals surface area contributed by atoms with Crippen LogP contribution in [0.2, 0.25) is 0 Å². The van der Waals surface area contributed by atoms with Gasteiger partial charge in [0, 0.05) is 12.6 Å². The van der Waals surface area contributed by atoms with Gasteiger partial charge >= 0.3 is 0 Å². The van der Waals surface area contributed by atoms with E-state index < -0.39 is 0 Å². The fraction of sp³-hybridized carbons (Fsp3) is 0.111. The average molecular weight is 175 g/mol. The fourth-order valence-electron chi connectivity index (χ4n) is 1.18. The second-order valence-electron chi connectivity index (χ2n) is 2.79. The lowest BCUT2D eigenvalue weighted by molar-refractivity contribution is 0.475. The van der Waals surface area contributed by atoms with Crippen LogP contribution in [0.5, 0.6) is 5.75 Å². The van der Waals surface area contributed by atoms with Crippen molar-refractivity contribution in [3.05, 3.63) is 30.5 Å². The zero-order valence-corrected chi connectivity index (χ0v) is 7.18. The highest BCUT2D eigenvalue weighted by Crippen LogP contribution is 2.19. The van der Waals surface area contributed by atoms with Crippen LogP contribution in [-0.2, 0) is 7.05 Å². The number of aromatic hydroxyl groups is 1. The summed E-state index contributed by atoms with van der Waals surface area (Å²) in [5, 5.41) is 16.7. The van der Waals surface area contributed by atoms with E-state index in [1.54, 1.807) is 23.0 Å². The number of hydrogen-bond acceptors (Lipinski definition) is 3. The number of rotatable bonds is 1. The lowest BCUT2D eigenvalue weighted by Crippen LogP contribution is -1.93. The Morgan fingerprint density at radius 2 is 1.92 bits per heavy atom. The van der Waals surface area contributed by atoms with Gasteiger partial charge in [-0.05, 0) is 24.3 Å². The molecule has 0 saturated heterocycles. The third-order valence-electron chi connectivity index (χ3n) is 1.88. The van der Waals surface area contributed by atoms with Gasteiger partial charge < -0.3 is 5.11 Å². The zero-order chi connectivity index (χ0) is 9.26. The first kappa shape index (κ1) is 7.79. The van der Waals surface area contributed by atoms with Gasteiger partial charge in [0.25, 0.3) is 0 Å². The summed E-state index contributed by atoms with van der Waals surface area (Å²) in [6, 6.07) is 6.94. The Bertz CT molecular complexity index is 405. The number of hydrogen-bond donors (Lipinski definition) is 1. The molecule has 4 heteroatoms. The maximum Gasteiger partial charge on any atom is 0.115 e. The molecule has 1 aromatic carbocycles. The van der Waals surface area contributed by atoms with Crippen molar-refractivity contribution in [3.63, 3.8) is 0 Å². The van der Waals surface area contributed by atoms with E-state index >= 15 is 0 Å². The molecule has 0 unspecified atom stereocenters. The Kier molecular flexibility index (Phi) is 1.73. The Morgan fingerprint density at radius 3 is 2.46 bits per heavy atom. The van der Waals surface area contributed by atoms with Crippen molar-refractivity contribution in [2.24, 2.45) is 7.05 Å². The molecule has 0 aliphatic carbocycles. The monoisotopic (exact) mass is 175 g/mol. The maximum atomic E-state index is 9.09. The molecule has 2 aromatic rings. The second-order valence-corrected chi connectivity index (χ2v) is 2.79. The minimum atomic E-state index is 0.263. The third-order valence-corrected chi connectivity index (χ3v) is 1.88. The van der Waals surface area contributed by atoms with Gasteiger partial charge in [-0.25, -0.2) is 4.68 Å². The maximum absolute atomic E-state index is 9.09. The standard InChI is InChI=1S/C9H9N3O/c1-12-9(6-10-11-12)7-2-4-8(13)5-3-7/h2-6,13H,1H3. The fourth-order valence-corrected chi connectivity index (χ4v) is 1.18. The van der Waals surface area contributed by atoms with Crippen LogP contribution in [0, 0.1) is 0 Å². The summed E-state index contributed by atoms with van der Waals surface area (Å²) >= 11 is 0. The van der Waals surface area contributed by atoms with E-state index in [-0.39, 0.29) is 5.75 Å². The van der Waals surface area contributed by atoms with E-state index in [1.807, 2.05) is 19.2 Å². The van der Waals surface area contributed by atoms with E-state index in [2.05, 4.69) is 10.3 Å². The molecular formula is C9H9N3O. The third kappa shape index (κ3) is 1.38. The van der Waals surface area contributed by atoms with Gasteiger partial charge in [-0.1, -0.05) is 5.21 Å². The van der Waals surface area contributed by atoms with Gasteiger partial charge in [-0.2, -0.15) is 0 Å². The number of nitrogens with zero attached hydrogens (tertiary/aromatic N) is 3. The molecule has 0 aliphatic rings. The topological polar surface area (TPSA) is 50.9 Å². The minimum absolute atomic E-state index is 0.263. The summed E-state index contributed by atoms with van der Waals surface area (Å²) < 4.78 is 1.69. The average Bonchev–Trinajstić information content (AvgIpc) is 2.53. The Balaban J connectivity index is 2.47. The van der Waals surface area contributed by atoms with Crippen molar-refractivity contribution in [2.45, 2.75) is 0 Å². The summed E-state index contributed by atoms with van der Waals surface area (Å²) in [6.07, 6.45) is 1.69. The predicted octanol–water partition coefficient (Wildman–Crippen LogP) is 1.19. The van der Waals surface area contributed by atoms with Crippen molar-refractivity contribution < 1.29 is 5.11 Å². The molecule has 0 spiro atoms. The molecule has 0 atom stereocenters. The molecule has 1 aromatic heterocycles. The van der Waals surface area contributed by atoms with Crippen LogP contribution in [0.25, 0.3) is 11.3 Å². The van der Waals surface area contributed by atoms with Gasteiger partial charge in [-0.15, -0.1) is 5.10 Å². The van der Waals surface area contributed by atoms with Crippen molar-refractivity contribution in [3.8, 4) is 17.0 Å². The number of aromatic nitrogens is 3. The SMILES string of the molecule is Cn1nncc1-c1ccc(O)cc1. The molecule has 0 amide bonds. The lowest BCUT2D eigenvalue weighted by Gasteiger charge is -1.99. The highest BCUT2D eigenvalue weighted by Gasteiger charge is 2.02. The molecule has 0 radical (unpaired) electrons. The van der Waals surface area contributed by atoms with Crippen LogP contribution in [0.4, 0.5) is 0 Å². The molecule has 2 rings (SSSR count). The molecule has 0 saturated carbocycles. The van der Waals surface area contributed by atoms with E-state index in [9.17, 15) is 0 Å². The van der Waals surface area contributed by atoms with Crippen LogP contribution < -0.4 is 0 Å². The van der Waals surface area contributed by atoms with Gasteiger partial charge in [0.05, 0.1) is 11.9 Å². The molecule has 13 heavy (non-hydrogen) atoms. The molecule has 0 bridgehead atoms.